The Morgan fingerprint density at radius 3 is 2.43 bits per heavy atom. The molecule has 1 aliphatic heterocycles. The highest BCUT2D eigenvalue weighted by atomic mass is 79.9. The van der Waals surface area contributed by atoms with E-state index in [1.165, 1.54) is 54.6 Å². The maximum atomic E-state index is 13.0. The van der Waals surface area contributed by atoms with E-state index in [0.29, 0.717) is 21.5 Å². The number of amides is 5. The van der Waals surface area contributed by atoms with E-state index in [1.54, 1.807) is 12.1 Å². The number of carbonyl (C=O) groups excluding carboxylic acids is 4. The fourth-order valence-electron chi connectivity index (χ4n) is 3.28. The molecule has 1 aliphatic rings. The SMILES string of the molecule is O=C(COc1ccc(/C=C2/C(=O)NC(=O)N(c3ccc(Cl)c(Cl)c3)C2=O)cc1Br)Nc1ccc(F)cc1. The molecule has 37 heavy (non-hydrogen) atoms. The van der Waals surface area contributed by atoms with Crippen molar-refractivity contribution in [2.75, 3.05) is 16.8 Å². The van der Waals surface area contributed by atoms with Crippen LogP contribution in [0.5, 0.6) is 5.75 Å². The number of hydrogen-bond donors (Lipinski definition) is 2. The number of anilines is 2. The minimum absolute atomic E-state index is 0.132. The fraction of sp³-hybridized carbons (Fsp3) is 0.0400. The lowest BCUT2D eigenvalue weighted by atomic mass is 10.1. The smallest absolute Gasteiger partial charge is 0.335 e. The van der Waals surface area contributed by atoms with Gasteiger partial charge in [-0.3, -0.25) is 19.7 Å². The Morgan fingerprint density at radius 2 is 1.76 bits per heavy atom. The van der Waals surface area contributed by atoms with E-state index in [9.17, 15) is 23.6 Å². The molecule has 188 valence electrons. The fourth-order valence-corrected chi connectivity index (χ4v) is 4.08. The van der Waals surface area contributed by atoms with Gasteiger partial charge in [0.1, 0.15) is 17.1 Å². The predicted octanol–water partition coefficient (Wildman–Crippen LogP) is 5.58. The molecule has 1 fully saturated rings. The molecule has 0 unspecified atom stereocenters. The maximum absolute atomic E-state index is 13.0. The maximum Gasteiger partial charge on any atom is 0.335 e. The number of nitrogens with zero attached hydrogens (tertiary/aromatic N) is 1. The van der Waals surface area contributed by atoms with Crippen molar-refractivity contribution in [1.82, 2.24) is 5.32 Å². The summed E-state index contributed by atoms with van der Waals surface area (Å²) in [5.41, 5.74) is 0.709. The Balaban J connectivity index is 1.48. The monoisotopic (exact) mass is 605 g/mol. The molecule has 0 spiro atoms. The van der Waals surface area contributed by atoms with E-state index < -0.39 is 29.6 Å². The zero-order valence-electron chi connectivity index (χ0n) is 18.6. The highest BCUT2D eigenvalue weighted by molar-refractivity contribution is 9.10. The topological polar surface area (TPSA) is 105 Å². The van der Waals surface area contributed by atoms with E-state index in [2.05, 4.69) is 26.6 Å². The minimum atomic E-state index is -0.922. The van der Waals surface area contributed by atoms with Crippen LogP contribution in [0, 0.1) is 5.82 Å². The van der Waals surface area contributed by atoms with Crippen LogP contribution in [-0.4, -0.2) is 30.4 Å². The Kier molecular flexibility index (Phi) is 7.91. The molecule has 8 nitrogen and oxygen atoms in total. The summed E-state index contributed by atoms with van der Waals surface area (Å²) < 4.78 is 18.9. The lowest BCUT2D eigenvalue weighted by molar-refractivity contribution is -0.122. The van der Waals surface area contributed by atoms with Crippen LogP contribution in [-0.2, 0) is 14.4 Å². The van der Waals surface area contributed by atoms with Crippen LogP contribution in [0.1, 0.15) is 5.56 Å². The van der Waals surface area contributed by atoms with Gasteiger partial charge in [0.25, 0.3) is 17.7 Å². The second-order valence-electron chi connectivity index (χ2n) is 7.59. The number of urea groups is 1. The molecule has 0 saturated carbocycles. The van der Waals surface area contributed by atoms with Crippen molar-refractivity contribution < 1.29 is 28.3 Å². The summed E-state index contributed by atoms with van der Waals surface area (Å²) in [5.74, 6) is -2.26. The summed E-state index contributed by atoms with van der Waals surface area (Å²) in [6, 6.07) is 13.2. The van der Waals surface area contributed by atoms with Crippen molar-refractivity contribution in [2.45, 2.75) is 0 Å². The first-order valence-electron chi connectivity index (χ1n) is 10.5. The van der Waals surface area contributed by atoms with Crippen molar-refractivity contribution in [1.29, 1.82) is 0 Å². The molecule has 5 amide bonds. The van der Waals surface area contributed by atoms with E-state index >= 15 is 0 Å². The number of barbiturate groups is 1. The van der Waals surface area contributed by atoms with Gasteiger partial charge in [0.2, 0.25) is 0 Å². The van der Waals surface area contributed by atoms with Crippen LogP contribution < -0.4 is 20.3 Å². The number of ether oxygens (including phenoxy) is 1. The zero-order chi connectivity index (χ0) is 26.7. The predicted molar refractivity (Wildman–Crippen MR) is 140 cm³/mol. The third-order valence-corrected chi connectivity index (χ3v) is 6.38. The lowest BCUT2D eigenvalue weighted by Crippen LogP contribution is -2.54. The summed E-state index contributed by atoms with van der Waals surface area (Å²) in [7, 11) is 0. The number of halogens is 4. The normalized spacial score (nSPS) is 14.5. The standard InChI is InChI=1S/C25H15BrCl2FN3O5/c26-18-10-13(1-8-21(18)37-12-22(33)30-15-4-2-14(29)3-5-15)9-17-23(34)31-25(36)32(24(17)35)16-6-7-19(27)20(28)11-16/h1-11H,12H2,(H,30,33)(H,31,34,36)/b17-9-. The van der Waals surface area contributed by atoms with Gasteiger partial charge in [0.05, 0.1) is 20.2 Å². The largest absolute Gasteiger partial charge is 0.483 e. The summed E-state index contributed by atoms with van der Waals surface area (Å²) in [6.45, 7) is -0.321. The molecule has 2 N–H and O–H groups in total. The molecule has 3 aromatic carbocycles. The van der Waals surface area contributed by atoms with E-state index in [0.717, 1.165) is 4.90 Å². The van der Waals surface area contributed by atoms with Crippen molar-refractivity contribution in [3.8, 4) is 5.75 Å². The average molecular weight is 607 g/mol. The first-order chi connectivity index (χ1) is 17.6. The van der Waals surface area contributed by atoms with Gasteiger partial charge in [-0.05, 0) is 82.2 Å². The van der Waals surface area contributed by atoms with Crippen molar-refractivity contribution in [3.63, 3.8) is 0 Å². The summed E-state index contributed by atoms with van der Waals surface area (Å²) in [5, 5.41) is 5.07. The second kappa shape index (κ2) is 11.1. The molecule has 12 heteroatoms. The summed E-state index contributed by atoms with van der Waals surface area (Å²) in [4.78, 5) is 50.7. The first kappa shape index (κ1) is 26.3. The molecule has 0 atom stereocenters. The van der Waals surface area contributed by atoms with Gasteiger partial charge in [-0.15, -0.1) is 0 Å². The molecular formula is C25H15BrCl2FN3O5. The molecule has 4 rings (SSSR count). The molecule has 0 radical (unpaired) electrons. The van der Waals surface area contributed by atoms with Crippen molar-refractivity contribution >= 4 is 80.3 Å². The Bertz CT molecular complexity index is 1460. The molecule has 1 heterocycles. The Hall–Kier alpha value is -3.73. The van der Waals surface area contributed by atoms with Crippen LogP contribution in [0.15, 0.2) is 70.7 Å². The molecule has 0 bridgehead atoms. The van der Waals surface area contributed by atoms with Crippen molar-refractivity contribution in [3.05, 3.63) is 92.1 Å². The van der Waals surface area contributed by atoms with E-state index in [-0.39, 0.29) is 27.9 Å². The third-order valence-electron chi connectivity index (χ3n) is 5.02. The van der Waals surface area contributed by atoms with Gasteiger partial charge in [-0.1, -0.05) is 29.3 Å². The van der Waals surface area contributed by atoms with Gasteiger partial charge in [-0.2, -0.15) is 0 Å². The van der Waals surface area contributed by atoms with Crippen LogP contribution in [0.2, 0.25) is 10.0 Å². The Labute approximate surface area is 228 Å². The molecule has 0 aromatic heterocycles. The van der Waals surface area contributed by atoms with Crippen LogP contribution in [0.4, 0.5) is 20.6 Å². The van der Waals surface area contributed by atoms with E-state index in [1.807, 2.05) is 0 Å². The number of nitrogens with one attached hydrogen (secondary N) is 2. The van der Waals surface area contributed by atoms with Gasteiger partial charge in [-0.25, -0.2) is 14.1 Å². The molecule has 3 aromatic rings. The zero-order valence-corrected chi connectivity index (χ0v) is 21.7. The highest BCUT2D eigenvalue weighted by Gasteiger charge is 2.37. The summed E-state index contributed by atoms with van der Waals surface area (Å²) in [6.07, 6.45) is 1.31. The number of carbonyl (C=O) groups is 4. The first-order valence-corrected chi connectivity index (χ1v) is 12.0. The quantitative estimate of drug-likeness (QED) is 0.282. The second-order valence-corrected chi connectivity index (χ2v) is 9.26. The molecule has 1 saturated heterocycles. The number of rotatable bonds is 6. The molecule has 0 aliphatic carbocycles. The van der Waals surface area contributed by atoms with Gasteiger partial charge >= 0.3 is 6.03 Å². The van der Waals surface area contributed by atoms with Crippen LogP contribution in [0.25, 0.3) is 6.08 Å². The Morgan fingerprint density at radius 1 is 1.03 bits per heavy atom. The lowest BCUT2D eigenvalue weighted by Gasteiger charge is -2.26. The highest BCUT2D eigenvalue weighted by Crippen LogP contribution is 2.31. The number of imide groups is 2. The minimum Gasteiger partial charge on any atom is -0.483 e. The van der Waals surface area contributed by atoms with Gasteiger partial charge < -0.3 is 10.1 Å². The summed E-state index contributed by atoms with van der Waals surface area (Å²) >= 11 is 15.3. The van der Waals surface area contributed by atoms with E-state index in [4.69, 9.17) is 27.9 Å². The van der Waals surface area contributed by atoms with Crippen LogP contribution in [0.3, 0.4) is 0 Å². The molecular weight excluding hydrogens is 592 g/mol. The number of benzene rings is 3. The van der Waals surface area contributed by atoms with Crippen molar-refractivity contribution in [2.24, 2.45) is 0 Å². The van der Waals surface area contributed by atoms with Gasteiger partial charge in [0, 0.05) is 5.69 Å². The number of hydrogen-bond acceptors (Lipinski definition) is 5. The average Bonchev–Trinajstić information content (AvgIpc) is 2.84. The third kappa shape index (κ3) is 6.16. The van der Waals surface area contributed by atoms with Crippen LogP contribution >= 0.6 is 39.1 Å². The van der Waals surface area contributed by atoms with Gasteiger partial charge in [0.15, 0.2) is 6.61 Å².